The molecular weight excluding hydrogens is 428 g/mol. The molecule has 0 heterocycles. The number of nitrogens with zero attached hydrogens (tertiary/aromatic N) is 2. The molecule has 0 saturated carbocycles. The van der Waals surface area contributed by atoms with E-state index >= 15 is 0 Å². The van der Waals surface area contributed by atoms with E-state index in [0.717, 1.165) is 22.3 Å². The summed E-state index contributed by atoms with van der Waals surface area (Å²) in [4.78, 5) is 12.8. The van der Waals surface area contributed by atoms with E-state index in [2.05, 4.69) is 0 Å². The highest BCUT2D eigenvalue weighted by atomic mass is 32.2. The van der Waals surface area contributed by atoms with Crippen molar-refractivity contribution < 1.29 is 28.2 Å². The zero-order valence-electron chi connectivity index (χ0n) is 17.1. The highest BCUT2D eigenvalue weighted by Gasteiger charge is 2.28. The quantitative estimate of drug-likeness (QED) is 0.419. The number of amides is 1. The van der Waals surface area contributed by atoms with Crippen LogP contribution in [-0.4, -0.2) is 66.4 Å². The van der Waals surface area contributed by atoms with Crippen molar-refractivity contribution in [3.63, 3.8) is 0 Å². The van der Waals surface area contributed by atoms with Gasteiger partial charge in [-0.1, -0.05) is 18.2 Å². The predicted octanol–water partition coefficient (Wildman–Crippen LogP) is 3.20. The number of carbonyl (C=O) groups is 1. The Balaban J connectivity index is 2.22. The Morgan fingerprint density at radius 1 is 1.17 bits per heavy atom. The predicted molar refractivity (Wildman–Crippen MR) is 117 cm³/mol. The Hall–Kier alpha value is -2.27. The topological polar surface area (TPSA) is 107 Å². The summed E-state index contributed by atoms with van der Waals surface area (Å²) in [6, 6.07) is 13.0. The lowest BCUT2D eigenvalue weighted by atomic mass is 10.1. The molecule has 0 radical (unpaired) electrons. The first-order valence-corrected chi connectivity index (χ1v) is 12.2. The van der Waals surface area contributed by atoms with Crippen LogP contribution < -0.4 is 4.74 Å². The molecule has 10 heteroatoms. The second-order valence-electron chi connectivity index (χ2n) is 6.53. The Kier molecular flexibility index (Phi) is 8.54. The van der Waals surface area contributed by atoms with Crippen molar-refractivity contribution in [2.75, 3.05) is 32.2 Å². The van der Waals surface area contributed by atoms with Crippen LogP contribution in [0.15, 0.2) is 47.4 Å². The summed E-state index contributed by atoms with van der Waals surface area (Å²) in [7, 11) is -3.86. The number of sulfonamides is 1. The molecule has 2 aromatic rings. The van der Waals surface area contributed by atoms with Gasteiger partial charge in [0.15, 0.2) is 0 Å². The van der Waals surface area contributed by atoms with Gasteiger partial charge in [-0.25, -0.2) is 18.2 Å². The molecule has 8 nitrogen and oxygen atoms in total. The van der Waals surface area contributed by atoms with Crippen LogP contribution in [0.4, 0.5) is 4.79 Å². The zero-order chi connectivity index (χ0) is 22.3. The van der Waals surface area contributed by atoms with E-state index < -0.39 is 22.7 Å². The number of hydrazine groups is 1. The van der Waals surface area contributed by atoms with Gasteiger partial charge in [0.1, 0.15) is 11.5 Å². The normalized spacial score (nSPS) is 11.5. The lowest BCUT2D eigenvalue weighted by molar-refractivity contribution is 0.0463. The number of carboxylic acid groups (broad SMARTS) is 1. The van der Waals surface area contributed by atoms with Crippen molar-refractivity contribution in [2.45, 2.75) is 18.2 Å². The van der Waals surface area contributed by atoms with Crippen molar-refractivity contribution in [1.82, 2.24) is 9.42 Å². The number of hydrogen-bond donors (Lipinski definition) is 2. The molecule has 2 N–H and O–H groups in total. The van der Waals surface area contributed by atoms with Crippen molar-refractivity contribution in [3.05, 3.63) is 53.6 Å². The number of aliphatic hydroxyl groups excluding tert-OH is 1. The van der Waals surface area contributed by atoms with Crippen molar-refractivity contribution >= 4 is 27.9 Å². The second-order valence-corrected chi connectivity index (χ2v) is 9.26. The Morgan fingerprint density at radius 3 is 2.43 bits per heavy atom. The fourth-order valence-electron chi connectivity index (χ4n) is 2.93. The first-order chi connectivity index (χ1) is 14.2. The third-order valence-electron chi connectivity index (χ3n) is 4.32. The SMILES string of the molecule is CSc1ccc(Oc2ccccc2CCN(C(=O)O)N(CCO)S(C)(=O)=O)cc1C. The molecule has 30 heavy (non-hydrogen) atoms. The summed E-state index contributed by atoms with van der Waals surface area (Å²) in [5.41, 5.74) is 1.81. The minimum absolute atomic E-state index is 0.118. The summed E-state index contributed by atoms with van der Waals surface area (Å²) < 4.78 is 30.6. The zero-order valence-corrected chi connectivity index (χ0v) is 18.7. The van der Waals surface area contributed by atoms with Crippen LogP contribution in [0.2, 0.25) is 0 Å². The summed E-state index contributed by atoms with van der Waals surface area (Å²) in [6.07, 6.45) is 1.71. The van der Waals surface area contributed by atoms with E-state index in [-0.39, 0.29) is 19.5 Å². The maximum atomic E-state index is 12.0. The number of aliphatic hydroxyl groups is 1. The molecule has 0 fully saturated rings. The minimum Gasteiger partial charge on any atom is -0.464 e. The van der Waals surface area contributed by atoms with Gasteiger partial charge in [0.2, 0.25) is 10.0 Å². The van der Waals surface area contributed by atoms with Gasteiger partial charge in [0.25, 0.3) is 0 Å². The molecular formula is C20H26N2O6S2. The average Bonchev–Trinajstić information content (AvgIpc) is 2.67. The molecule has 0 aromatic heterocycles. The van der Waals surface area contributed by atoms with Gasteiger partial charge in [0.05, 0.1) is 19.4 Å². The van der Waals surface area contributed by atoms with Gasteiger partial charge >= 0.3 is 6.09 Å². The first-order valence-electron chi connectivity index (χ1n) is 9.16. The number of thioether (sulfide) groups is 1. The summed E-state index contributed by atoms with van der Waals surface area (Å²) in [5, 5.41) is 19.3. The van der Waals surface area contributed by atoms with Crippen molar-refractivity contribution in [3.8, 4) is 11.5 Å². The van der Waals surface area contributed by atoms with Crippen molar-refractivity contribution in [2.24, 2.45) is 0 Å². The minimum atomic E-state index is -3.86. The smallest absolute Gasteiger partial charge is 0.422 e. The number of para-hydroxylation sites is 1. The lowest BCUT2D eigenvalue weighted by Crippen LogP contribution is -2.50. The van der Waals surface area contributed by atoms with E-state index in [1.165, 1.54) is 0 Å². The van der Waals surface area contributed by atoms with Gasteiger partial charge < -0.3 is 14.9 Å². The second kappa shape index (κ2) is 10.7. The van der Waals surface area contributed by atoms with Crippen LogP contribution in [0.5, 0.6) is 11.5 Å². The Labute approximate surface area is 181 Å². The highest BCUT2D eigenvalue weighted by Crippen LogP contribution is 2.29. The number of ether oxygens (including phenoxy) is 1. The third-order valence-corrected chi connectivity index (χ3v) is 6.37. The molecule has 0 aliphatic heterocycles. The van der Waals surface area contributed by atoms with Crippen LogP contribution in [-0.2, 0) is 16.4 Å². The maximum Gasteiger partial charge on any atom is 0.422 e. The highest BCUT2D eigenvalue weighted by molar-refractivity contribution is 7.98. The van der Waals surface area contributed by atoms with Gasteiger partial charge in [-0.3, -0.25) is 0 Å². The van der Waals surface area contributed by atoms with Crippen molar-refractivity contribution in [1.29, 1.82) is 0 Å². The number of rotatable bonds is 10. The fourth-order valence-corrected chi connectivity index (χ4v) is 4.44. The standard InChI is InChI=1S/C20H26N2O6S2/c1-15-14-17(8-9-19(15)29-2)28-18-7-5-4-6-16(18)10-11-21(20(24)25)22(12-13-23)30(3,26)27/h4-9,14,23H,10-13H2,1-3H3,(H,24,25). The third kappa shape index (κ3) is 6.36. The van der Waals surface area contributed by atoms with Crippen LogP contribution >= 0.6 is 11.8 Å². The van der Waals surface area contributed by atoms with Gasteiger partial charge in [0, 0.05) is 11.4 Å². The summed E-state index contributed by atoms with van der Waals surface area (Å²) >= 11 is 1.65. The first kappa shape index (κ1) is 24.0. The molecule has 1 amide bonds. The molecule has 0 bridgehead atoms. The van der Waals surface area contributed by atoms with Gasteiger partial charge in [-0.2, -0.15) is 0 Å². The van der Waals surface area contributed by atoms with Crippen LogP contribution in [0, 0.1) is 6.92 Å². The molecule has 0 spiro atoms. The largest absolute Gasteiger partial charge is 0.464 e. The molecule has 2 rings (SSSR count). The monoisotopic (exact) mass is 454 g/mol. The lowest BCUT2D eigenvalue weighted by Gasteiger charge is -2.30. The molecule has 2 aromatic carbocycles. The maximum absolute atomic E-state index is 12.0. The number of hydrogen-bond acceptors (Lipinski definition) is 6. The molecule has 0 unspecified atom stereocenters. The average molecular weight is 455 g/mol. The molecule has 0 aliphatic rings. The summed E-state index contributed by atoms with van der Waals surface area (Å²) in [6.45, 7) is 1.04. The number of aryl methyl sites for hydroxylation is 1. The van der Waals surface area contributed by atoms with Crippen LogP contribution in [0.25, 0.3) is 0 Å². The van der Waals surface area contributed by atoms with Gasteiger partial charge in [-0.15, -0.1) is 16.2 Å². The molecule has 0 saturated heterocycles. The van der Waals surface area contributed by atoms with E-state index in [9.17, 15) is 18.3 Å². The fraction of sp³-hybridized carbons (Fsp3) is 0.350. The number of benzene rings is 2. The van der Waals surface area contributed by atoms with E-state index in [1.54, 1.807) is 30.0 Å². The molecule has 0 aliphatic carbocycles. The van der Waals surface area contributed by atoms with E-state index in [1.807, 2.05) is 37.4 Å². The van der Waals surface area contributed by atoms with E-state index in [4.69, 9.17) is 9.84 Å². The van der Waals surface area contributed by atoms with Crippen LogP contribution in [0.3, 0.4) is 0 Å². The molecule has 164 valence electrons. The van der Waals surface area contributed by atoms with E-state index in [0.29, 0.717) is 20.9 Å². The van der Waals surface area contributed by atoms with Crippen LogP contribution in [0.1, 0.15) is 11.1 Å². The molecule has 0 atom stereocenters. The Morgan fingerprint density at radius 2 is 1.87 bits per heavy atom. The summed E-state index contributed by atoms with van der Waals surface area (Å²) in [5.74, 6) is 1.22. The Bertz CT molecular complexity index is 981. The van der Waals surface area contributed by atoms with Gasteiger partial charge in [-0.05, 0) is 55.0 Å².